The van der Waals surface area contributed by atoms with Crippen LogP contribution in [0.4, 0.5) is 15.8 Å². The van der Waals surface area contributed by atoms with Crippen LogP contribution in [0.2, 0.25) is 5.02 Å². The standard InChI is InChI=1S/C36H45ClFN3O5/c1-40-20-30(29-9-5-6-10-34(29)40)36(44)39-33-18-32(38)24(15-31(33)37)16-35(43)41-19-28(46-27-7-3-2-4-8-27)17-25(41)22-45-26-13-11-23(21-42)12-14-26/h5-6,9-10,15,18,21,23,25-28,30H,2-4,7-8,11-14,16-17,19-20,22H2,1H3,(H,39,44)/t23?,25?,26?,28-,30?/m0/s1. The van der Waals surface area contributed by atoms with Gasteiger partial charge >= 0.3 is 0 Å². The molecule has 2 aromatic carbocycles. The Hall–Kier alpha value is -3.01. The van der Waals surface area contributed by atoms with Crippen LogP contribution in [-0.2, 0) is 30.3 Å². The molecule has 46 heavy (non-hydrogen) atoms. The monoisotopic (exact) mass is 653 g/mol. The molecule has 4 aliphatic rings. The van der Waals surface area contributed by atoms with E-state index < -0.39 is 11.7 Å². The number of likely N-dealkylation sites (N-methyl/N-ethyl adjacent to an activating group) is 1. The first-order valence-electron chi connectivity index (χ1n) is 16.9. The fraction of sp³-hybridized carbons (Fsp3) is 0.583. The molecule has 1 N–H and O–H groups in total. The van der Waals surface area contributed by atoms with E-state index in [1.165, 1.54) is 18.6 Å². The molecule has 2 amide bonds. The van der Waals surface area contributed by atoms with Crippen molar-refractivity contribution in [2.75, 3.05) is 37.0 Å². The number of likely N-dealkylation sites (tertiary alicyclic amines) is 1. The minimum Gasteiger partial charge on any atom is -0.376 e. The number of halogens is 2. The number of carbonyl (C=O) groups excluding carboxylic acids is 3. The summed E-state index contributed by atoms with van der Waals surface area (Å²) in [5.74, 6) is -1.35. The van der Waals surface area contributed by atoms with Crippen molar-refractivity contribution >= 4 is 41.1 Å². The van der Waals surface area contributed by atoms with Gasteiger partial charge in [-0.05, 0) is 74.3 Å². The average Bonchev–Trinajstić information content (AvgIpc) is 3.63. The molecule has 0 aromatic heterocycles. The van der Waals surface area contributed by atoms with Gasteiger partial charge < -0.3 is 29.4 Å². The number of carbonyl (C=O) groups is 3. The second-order valence-electron chi connectivity index (χ2n) is 13.5. The zero-order valence-electron chi connectivity index (χ0n) is 26.6. The molecular formula is C36H45ClFN3O5. The average molecular weight is 654 g/mol. The molecule has 1 saturated heterocycles. The number of hydrogen-bond donors (Lipinski definition) is 1. The number of aldehydes is 1. The molecule has 3 fully saturated rings. The van der Waals surface area contributed by atoms with E-state index in [4.69, 9.17) is 21.1 Å². The van der Waals surface area contributed by atoms with Gasteiger partial charge in [0.1, 0.15) is 12.1 Å². The van der Waals surface area contributed by atoms with Crippen molar-refractivity contribution in [3.05, 3.63) is 58.4 Å². The van der Waals surface area contributed by atoms with Crippen molar-refractivity contribution in [1.29, 1.82) is 0 Å². The molecule has 8 nitrogen and oxygen atoms in total. The number of benzene rings is 2. The van der Waals surface area contributed by atoms with Crippen LogP contribution in [0.25, 0.3) is 0 Å². The molecular weight excluding hydrogens is 609 g/mol. The fourth-order valence-electron chi connectivity index (χ4n) is 7.68. The fourth-order valence-corrected chi connectivity index (χ4v) is 7.91. The first kappa shape index (κ1) is 32.9. The summed E-state index contributed by atoms with van der Waals surface area (Å²) < 4.78 is 28.2. The largest absolute Gasteiger partial charge is 0.376 e. The number of ether oxygens (including phenoxy) is 2. The topological polar surface area (TPSA) is 88.2 Å². The van der Waals surface area contributed by atoms with Gasteiger partial charge in [0.05, 0.1) is 54.0 Å². The Morgan fingerprint density at radius 2 is 1.76 bits per heavy atom. The van der Waals surface area contributed by atoms with E-state index in [9.17, 15) is 14.4 Å². The number of nitrogens with zero attached hydrogens (tertiary/aromatic N) is 2. The Labute approximate surface area is 275 Å². The van der Waals surface area contributed by atoms with Crippen LogP contribution in [0, 0.1) is 11.7 Å². The summed E-state index contributed by atoms with van der Waals surface area (Å²) >= 11 is 6.56. The zero-order valence-corrected chi connectivity index (χ0v) is 27.4. The van der Waals surface area contributed by atoms with E-state index in [0.717, 1.165) is 68.9 Å². The third-order valence-corrected chi connectivity index (χ3v) is 10.6. The number of fused-ring (bicyclic) bond motifs is 1. The smallest absolute Gasteiger partial charge is 0.233 e. The summed E-state index contributed by atoms with van der Waals surface area (Å²) in [4.78, 5) is 41.9. The first-order valence-corrected chi connectivity index (χ1v) is 17.3. The molecule has 0 bridgehead atoms. The van der Waals surface area contributed by atoms with Crippen LogP contribution >= 0.6 is 11.6 Å². The minimum absolute atomic E-state index is 0.0728. The van der Waals surface area contributed by atoms with E-state index in [0.29, 0.717) is 26.1 Å². The number of rotatable bonds is 10. The van der Waals surface area contributed by atoms with Crippen LogP contribution in [-0.4, -0.2) is 74.1 Å². The predicted octanol–water partition coefficient (Wildman–Crippen LogP) is 6.29. The van der Waals surface area contributed by atoms with Crippen molar-refractivity contribution in [1.82, 2.24) is 4.90 Å². The highest BCUT2D eigenvalue weighted by atomic mass is 35.5. The van der Waals surface area contributed by atoms with Crippen molar-refractivity contribution in [3.8, 4) is 0 Å². The van der Waals surface area contributed by atoms with Crippen LogP contribution in [0.1, 0.15) is 81.3 Å². The van der Waals surface area contributed by atoms with Crippen LogP contribution in [0.3, 0.4) is 0 Å². The number of anilines is 2. The highest BCUT2D eigenvalue weighted by molar-refractivity contribution is 6.33. The second kappa shape index (κ2) is 14.8. The molecule has 2 unspecified atom stereocenters. The summed E-state index contributed by atoms with van der Waals surface area (Å²) in [6, 6.07) is 10.2. The Morgan fingerprint density at radius 1 is 1.00 bits per heavy atom. The molecule has 0 spiro atoms. The van der Waals surface area contributed by atoms with Gasteiger partial charge in [-0.15, -0.1) is 0 Å². The second-order valence-corrected chi connectivity index (χ2v) is 13.9. The Balaban J connectivity index is 1.10. The highest BCUT2D eigenvalue weighted by Crippen LogP contribution is 2.37. The predicted molar refractivity (Wildman–Crippen MR) is 176 cm³/mol. The third kappa shape index (κ3) is 7.58. The molecule has 2 saturated carbocycles. The number of nitrogens with one attached hydrogen (secondary N) is 1. The minimum atomic E-state index is -0.592. The van der Waals surface area contributed by atoms with Crippen LogP contribution in [0.5, 0.6) is 0 Å². The van der Waals surface area contributed by atoms with E-state index in [1.807, 2.05) is 36.2 Å². The summed E-state index contributed by atoms with van der Waals surface area (Å²) in [5.41, 5.74) is 2.29. The lowest BCUT2D eigenvalue weighted by Gasteiger charge is -2.29. The van der Waals surface area contributed by atoms with Crippen LogP contribution in [0.15, 0.2) is 36.4 Å². The van der Waals surface area contributed by atoms with Gasteiger partial charge in [0.2, 0.25) is 11.8 Å². The van der Waals surface area contributed by atoms with E-state index >= 15 is 4.39 Å². The Bertz CT molecular complexity index is 1410. The molecule has 2 aliphatic heterocycles. The van der Waals surface area contributed by atoms with Crippen molar-refractivity contribution in [2.45, 2.75) is 101 Å². The van der Waals surface area contributed by atoms with E-state index in [2.05, 4.69) is 5.32 Å². The maximum Gasteiger partial charge on any atom is 0.233 e. The molecule has 2 heterocycles. The summed E-state index contributed by atoms with van der Waals surface area (Å²) in [6.07, 6.45) is 10.8. The quantitative estimate of drug-likeness (QED) is 0.304. The molecule has 2 aliphatic carbocycles. The van der Waals surface area contributed by atoms with Crippen molar-refractivity contribution in [2.24, 2.45) is 5.92 Å². The van der Waals surface area contributed by atoms with E-state index in [1.54, 1.807) is 4.90 Å². The number of amides is 2. The van der Waals surface area contributed by atoms with Crippen molar-refractivity contribution < 1.29 is 28.2 Å². The third-order valence-electron chi connectivity index (χ3n) is 10.3. The lowest BCUT2D eigenvalue weighted by Crippen LogP contribution is -2.40. The molecule has 2 aromatic rings. The summed E-state index contributed by atoms with van der Waals surface area (Å²) in [5, 5.41) is 2.99. The number of para-hydroxylation sites is 1. The maximum absolute atomic E-state index is 15.5. The molecule has 0 radical (unpaired) electrons. The Kier molecular flexibility index (Phi) is 10.6. The number of hydrogen-bond acceptors (Lipinski definition) is 6. The summed E-state index contributed by atoms with van der Waals surface area (Å²) in [6.45, 7) is 1.35. The Morgan fingerprint density at radius 3 is 2.52 bits per heavy atom. The van der Waals surface area contributed by atoms with Gasteiger partial charge in [0, 0.05) is 31.7 Å². The molecule has 3 atom stereocenters. The van der Waals surface area contributed by atoms with Gasteiger partial charge in [-0.3, -0.25) is 9.59 Å². The van der Waals surface area contributed by atoms with Crippen molar-refractivity contribution in [3.63, 3.8) is 0 Å². The SMILES string of the molecule is CN1CC(C(=O)Nc2cc(F)c(CC(=O)N3C[C@@H](OC4CCCCC4)CC3COC3CCC(C=O)CC3)cc2Cl)c2ccccc21. The zero-order chi connectivity index (χ0) is 32.2. The highest BCUT2D eigenvalue weighted by Gasteiger charge is 2.38. The maximum atomic E-state index is 15.5. The van der Waals surface area contributed by atoms with Gasteiger partial charge in [-0.25, -0.2) is 4.39 Å². The summed E-state index contributed by atoms with van der Waals surface area (Å²) in [7, 11) is 1.94. The van der Waals surface area contributed by atoms with Gasteiger partial charge in [0.15, 0.2) is 0 Å². The lowest BCUT2D eigenvalue weighted by atomic mass is 9.88. The first-order chi connectivity index (χ1) is 22.3. The van der Waals surface area contributed by atoms with Gasteiger partial charge in [0.25, 0.3) is 0 Å². The molecule has 6 rings (SSSR count). The molecule has 10 heteroatoms. The van der Waals surface area contributed by atoms with Gasteiger partial charge in [-0.1, -0.05) is 49.1 Å². The van der Waals surface area contributed by atoms with E-state index in [-0.39, 0.29) is 64.8 Å². The normalized spacial score (nSPS) is 26.6. The van der Waals surface area contributed by atoms with Crippen LogP contribution < -0.4 is 10.2 Å². The lowest BCUT2D eigenvalue weighted by molar-refractivity contribution is -0.134. The van der Waals surface area contributed by atoms with Gasteiger partial charge in [-0.2, -0.15) is 0 Å². The molecule has 248 valence electrons.